The first kappa shape index (κ1) is 14.6. The third-order valence-corrected chi connectivity index (χ3v) is 3.00. The van der Waals surface area contributed by atoms with Crippen molar-refractivity contribution in [1.82, 2.24) is 5.32 Å². The number of amides is 1. The topological polar surface area (TPSA) is 75.6 Å². The second-order valence-electron chi connectivity index (χ2n) is 4.38. The van der Waals surface area contributed by atoms with Crippen LogP contribution in [0.25, 0.3) is 0 Å². The van der Waals surface area contributed by atoms with Gasteiger partial charge in [-0.1, -0.05) is 24.3 Å². The highest BCUT2D eigenvalue weighted by Crippen LogP contribution is 2.17. The lowest BCUT2D eigenvalue weighted by atomic mass is 10.1. The second kappa shape index (κ2) is 6.56. The number of carboxylic acids is 1. The molecule has 5 nitrogen and oxygen atoms in total. The third-order valence-electron chi connectivity index (χ3n) is 3.00. The molecule has 0 bridgehead atoms. The first-order valence-electron chi connectivity index (χ1n) is 6.35. The first-order valence-corrected chi connectivity index (χ1v) is 6.35. The molecule has 2 N–H and O–H groups in total. The summed E-state index contributed by atoms with van der Waals surface area (Å²) >= 11 is 0. The molecule has 0 heterocycles. The Balaban J connectivity index is 2.08. The van der Waals surface area contributed by atoms with Gasteiger partial charge in [-0.2, -0.15) is 0 Å². The summed E-state index contributed by atoms with van der Waals surface area (Å²) in [6.45, 7) is 0.306. The summed E-state index contributed by atoms with van der Waals surface area (Å²) in [6.07, 6.45) is 0. The maximum absolute atomic E-state index is 12.0. The molecule has 0 saturated heterocycles. The number of hydrogen-bond acceptors (Lipinski definition) is 3. The molecule has 0 spiro atoms. The van der Waals surface area contributed by atoms with Gasteiger partial charge in [0.15, 0.2) is 0 Å². The standard InChI is InChI=1S/C16H15NO4/c1-21-14-8-3-2-5-13(14)10-17-15(18)11-6-4-7-12(9-11)16(19)20/h2-9H,10H2,1H3,(H,17,18)(H,19,20). The number of carbonyl (C=O) groups excluding carboxylic acids is 1. The van der Waals surface area contributed by atoms with Crippen LogP contribution in [0.1, 0.15) is 26.3 Å². The summed E-state index contributed by atoms with van der Waals surface area (Å²) in [5.41, 5.74) is 1.24. The number of benzene rings is 2. The lowest BCUT2D eigenvalue weighted by Gasteiger charge is -2.09. The molecule has 0 radical (unpaired) electrons. The smallest absolute Gasteiger partial charge is 0.335 e. The Labute approximate surface area is 122 Å². The molecule has 2 aromatic carbocycles. The van der Waals surface area contributed by atoms with Crippen LogP contribution in [0.2, 0.25) is 0 Å². The van der Waals surface area contributed by atoms with E-state index in [0.29, 0.717) is 17.9 Å². The number of para-hydroxylation sites is 1. The molecule has 0 aliphatic rings. The third kappa shape index (κ3) is 3.60. The van der Waals surface area contributed by atoms with Gasteiger partial charge in [0.2, 0.25) is 0 Å². The molecule has 21 heavy (non-hydrogen) atoms. The Morgan fingerprint density at radius 2 is 1.81 bits per heavy atom. The largest absolute Gasteiger partial charge is 0.496 e. The van der Waals surface area contributed by atoms with E-state index in [-0.39, 0.29) is 11.5 Å². The van der Waals surface area contributed by atoms with Crippen LogP contribution in [0.5, 0.6) is 5.75 Å². The van der Waals surface area contributed by atoms with Crippen molar-refractivity contribution in [2.24, 2.45) is 0 Å². The summed E-state index contributed by atoms with van der Waals surface area (Å²) in [4.78, 5) is 22.9. The van der Waals surface area contributed by atoms with Crippen molar-refractivity contribution < 1.29 is 19.4 Å². The highest BCUT2D eigenvalue weighted by atomic mass is 16.5. The van der Waals surface area contributed by atoms with Crippen LogP contribution in [0, 0.1) is 0 Å². The van der Waals surface area contributed by atoms with E-state index in [1.807, 2.05) is 24.3 Å². The van der Waals surface area contributed by atoms with Crippen molar-refractivity contribution in [1.29, 1.82) is 0 Å². The molecule has 108 valence electrons. The lowest BCUT2D eigenvalue weighted by molar-refractivity contribution is 0.0697. The number of methoxy groups -OCH3 is 1. The molecule has 2 aromatic rings. The number of carbonyl (C=O) groups is 2. The molecular weight excluding hydrogens is 270 g/mol. The van der Waals surface area contributed by atoms with Crippen LogP contribution in [-0.2, 0) is 6.54 Å². The van der Waals surface area contributed by atoms with Crippen LogP contribution < -0.4 is 10.1 Å². The fourth-order valence-electron chi connectivity index (χ4n) is 1.92. The SMILES string of the molecule is COc1ccccc1CNC(=O)c1cccc(C(=O)O)c1. The van der Waals surface area contributed by atoms with Crippen molar-refractivity contribution >= 4 is 11.9 Å². The maximum Gasteiger partial charge on any atom is 0.335 e. The molecule has 1 amide bonds. The molecule has 0 aromatic heterocycles. The van der Waals surface area contributed by atoms with Gasteiger partial charge in [-0.05, 0) is 24.3 Å². The number of rotatable bonds is 5. The Bertz CT molecular complexity index is 667. The summed E-state index contributed by atoms with van der Waals surface area (Å²) in [7, 11) is 1.57. The fourth-order valence-corrected chi connectivity index (χ4v) is 1.92. The van der Waals surface area contributed by atoms with Crippen LogP contribution in [0.4, 0.5) is 0 Å². The first-order chi connectivity index (χ1) is 10.1. The molecule has 0 saturated carbocycles. The van der Waals surface area contributed by atoms with E-state index < -0.39 is 5.97 Å². The quantitative estimate of drug-likeness (QED) is 0.884. The maximum atomic E-state index is 12.0. The average Bonchev–Trinajstić information content (AvgIpc) is 2.52. The Kier molecular flexibility index (Phi) is 4.56. The predicted molar refractivity (Wildman–Crippen MR) is 77.6 cm³/mol. The number of carboxylic acid groups (broad SMARTS) is 1. The van der Waals surface area contributed by atoms with Gasteiger partial charge in [-0.3, -0.25) is 4.79 Å². The molecule has 0 atom stereocenters. The molecule has 0 fully saturated rings. The molecule has 0 aliphatic heterocycles. The Morgan fingerprint density at radius 3 is 2.52 bits per heavy atom. The minimum absolute atomic E-state index is 0.0833. The van der Waals surface area contributed by atoms with Crippen molar-refractivity contribution in [3.63, 3.8) is 0 Å². The minimum Gasteiger partial charge on any atom is -0.496 e. The average molecular weight is 285 g/mol. The predicted octanol–water partition coefficient (Wildman–Crippen LogP) is 2.32. The van der Waals surface area contributed by atoms with Crippen molar-refractivity contribution in [2.75, 3.05) is 7.11 Å². The zero-order valence-electron chi connectivity index (χ0n) is 11.5. The van der Waals surface area contributed by atoms with E-state index in [0.717, 1.165) is 5.56 Å². The van der Waals surface area contributed by atoms with Gasteiger partial charge in [-0.15, -0.1) is 0 Å². The Hall–Kier alpha value is -2.82. The summed E-state index contributed by atoms with van der Waals surface area (Å²) in [6, 6.07) is 13.3. The molecule has 5 heteroatoms. The van der Waals surface area contributed by atoms with E-state index in [9.17, 15) is 9.59 Å². The van der Waals surface area contributed by atoms with Gasteiger partial charge in [-0.25, -0.2) is 4.79 Å². The van der Waals surface area contributed by atoms with Crippen LogP contribution >= 0.6 is 0 Å². The minimum atomic E-state index is -1.06. The van der Waals surface area contributed by atoms with E-state index >= 15 is 0 Å². The number of nitrogens with one attached hydrogen (secondary N) is 1. The van der Waals surface area contributed by atoms with Crippen LogP contribution in [-0.4, -0.2) is 24.1 Å². The molecule has 0 unspecified atom stereocenters. The van der Waals surface area contributed by atoms with E-state index in [1.165, 1.54) is 12.1 Å². The molecular formula is C16H15NO4. The van der Waals surface area contributed by atoms with E-state index in [4.69, 9.17) is 9.84 Å². The highest BCUT2D eigenvalue weighted by Gasteiger charge is 2.10. The van der Waals surface area contributed by atoms with Crippen LogP contribution in [0.3, 0.4) is 0 Å². The van der Waals surface area contributed by atoms with Crippen molar-refractivity contribution in [3.8, 4) is 5.75 Å². The zero-order valence-corrected chi connectivity index (χ0v) is 11.5. The second-order valence-corrected chi connectivity index (χ2v) is 4.38. The number of ether oxygens (including phenoxy) is 1. The highest BCUT2D eigenvalue weighted by molar-refractivity contribution is 5.97. The normalized spacial score (nSPS) is 9.95. The van der Waals surface area contributed by atoms with E-state index in [2.05, 4.69) is 5.32 Å². The van der Waals surface area contributed by atoms with Gasteiger partial charge in [0.05, 0.1) is 12.7 Å². The summed E-state index contributed by atoms with van der Waals surface area (Å²) < 4.78 is 5.20. The Morgan fingerprint density at radius 1 is 1.10 bits per heavy atom. The summed E-state index contributed by atoms with van der Waals surface area (Å²) in [5.74, 6) is -0.699. The van der Waals surface area contributed by atoms with Gasteiger partial charge < -0.3 is 15.2 Å². The van der Waals surface area contributed by atoms with E-state index in [1.54, 1.807) is 19.2 Å². The molecule has 2 rings (SSSR count). The van der Waals surface area contributed by atoms with Gasteiger partial charge in [0, 0.05) is 17.7 Å². The van der Waals surface area contributed by atoms with Crippen molar-refractivity contribution in [3.05, 3.63) is 65.2 Å². The number of aromatic carboxylic acids is 1. The fraction of sp³-hybridized carbons (Fsp3) is 0.125. The lowest BCUT2D eigenvalue weighted by Crippen LogP contribution is -2.23. The molecule has 0 aliphatic carbocycles. The van der Waals surface area contributed by atoms with Gasteiger partial charge >= 0.3 is 5.97 Å². The zero-order chi connectivity index (χ0) is 15.2. The van der Waals surface area contributed by atoms with Crippen LogP contribution in [0.15, 0.2) is 48.5 Å². The van der Waals surface area contributed by atoms with Gasteiger partial charge in [0.1, 0.15) is 5.75 Å². The van der Waals surface area contributed by atoms with Crippen molar-refractivity contribution in [2.45, 2.75) is 6.54 Å². The monoisotopic (exact) mass is 285 g/mol. The summed E-state index contributed by atoms with van der Waals surface area (Å²) in [5, 5.41) is 11.7. The van der Waals surface area contributed by atoms with Gasteiger partial charge in [0.25, 0.3) is 5.91 Å². The number of hydrogen-bond donors (Lipinski definition) is 2.